The molecule has 7 fully saturated rings. The molecule has 20 nitrogen and oxygen atoms in total. The summed E-state index contributed by atoms with van der Waals surface area (Å²) >= 11 is 0. The molecule has 0 aromatic rings. The molecule has 0 amide bonds. The van der Waals surface area contributed by atoms with Crippen molar-refractivity contribution < 1.29 is 98.5 Å². The Morgan fingerprint density at radius 2 is 1.41 bits per heavy atom. The van der Waals surface area contributed by atoms with Crippen LogP contribution < -0.4 is 0 Å². The molecule has 0 radical (unpaired) electrons. The third kappa shape index (κ3) is 8.95. The third-order valence-corrected chi connectivity index (χ3v) is 20.7. The maximum Gasteiger partial charge on any atom is 0.335 e. The lowest BCUT2D eigenvalue weighted by atomic mass is 9.33. The number of carbonyl (C=O) groups excluding carboxylic acids is 1. The zero-order chi connectivity index (χ0) is 53.3. The van der Waals surface area contributed by atoms with Crippen LogP contribution in [0.4, 0.5) is 0 Å². The van der Waals surface area contributed by atoms with Gasteiger partial charge in [0.25, 0.3) is 0 Å². The van der Waals surface area contributed by atoms with Gasteiger partial charge in [-0.2, -0.15) is 0 Å². The van der Waals surface area contributed by atoms with Gasteiger partial charge < -0.3 is 89.0 Å². The minimum atomic E-state index is -2.04. The first-order chi connectivity index (χ1) is 34.0. The molecular weight excluding hydrogens is 957 g/mol. The van der Waals surface area contributed by atoms with Crippen LogP contribution in [0.25, 0.3) is 0 Å². The number of Topliss-reactive ketones (excluding diaryl/α,β-unsaturated/α-hetero) is 1. The van der Waals surface area contributed by atoms with Crippen LogP contribution in [0.3, 0.4) is 0 Å². The molecular formula is C53H82O20. The predicted octanol–water partition coefficient (Wildman–Crippen LogP) is 2.47. The molecule has 0 aromatic carbocycles. The molecule has 9 aliphatic rings. The largest absolute Gasteiger partial charge is 0.502 e. The van der Waals surface area contributed by atoms with E-state index in [1.54, 1.807) is 6.92 Å². The minimum absolute atomic E-state index is 0.0412. The first-order valence-electron chi connectivity index (χ1n) is 26.5. The molecule has 4 aliphatic heterocycles. The smallest absolute Gasteiger partial charge is 0.335 e. The number of carboxylic acid groups (broad SMARTS) is 1. The first kappa shape index (κ1) is 55.4. The predicted molar refractivity (Wildman–Crippen MR) is 253 cm³/mol. The van der Waals surface area contributed by atoms with E-state index in [1.807, 2.05) is 6.92 Å². The molecule has 9 rings (SSSR count). The maximum absolute atomic E-state index is 12.7. The van der Waals surface area contributed by atoms with Crippen LogP contribution in [0.5, 0.6) is 0 Å². The van der Waals surface area contributed by atoms with E-state index in [-0.39, 0.29) is 81.3 Å². The highest BCUT2D eigenvalue weighted by Crippen LogP contribution is 2.76. The average Bonchev–Trinajstić information content (AvgIpc) is 3.32. The lowest BCUT2D eigenvalue weighted by Gasteiger charge is -2.72. The molecule has 4 heterocycles. The highest BCUT2D eigenvalue weighted by molar-refractivity contribution is 5.94. The summed E-state index contributed by atoms with van der Waals surface area (Å²) in [6.45, 7) is 18.4. The number of ketones is 1. The number of hydrogen-bond acceptors (Lipinski definition) is 19. The lowest BCUT2D eigenvalue weighted by Crippen LogP contribution is -2.68. The van der Waals surface area contributed by atoms with Crippen LogP contribution >= 0.6 is 0 Å². The number of carboxylic acids is 1. The van der Waals surface area contributed by atoms with E-state index in [2.05, 4.69) is 47.6 Å². The Labute approximate surface area is 426 Å². The van der Waals surface area contributed by atoms with Crippen LogP contribution in [0, 0.1) is 50.2 Å². The number of ether oxygens (including phenoxy) is 8. The molecule has 73 heavy (non-hydrogen) atoms. The van der Waals surface area contributed by atoms with Crippen molar-refractivity contribution in [3.05, 3.63) is 23.2 Å². The second-order valence-corrected chi connectivity index (χ2v) is 25.3. The van der Waals surface area contributed by atoms with Crippen molar-refractivity contribution in [2.45, 2.75) is 231 Å². The van der Waals surface area contributed by atoms with Crippen LogP contribution in [0.15, 0.2) is 23.2 Å². The van der Waals surface area contributed by atoms with Gasteiger partial charge in [0.15, 0.2) is 30.7 Å². The van der Waals surface area contributed by atoms with Crippen LogP contribution in [0.2, 0.25) is 0 Å². The zero-order valence-corrected chi connectivity index (χ0v) is 43.7. The summed E-state index contributed by atoms with van der Waals surface area (Å²) in [6.07, 6.45) is -15.9. The fourth-order valence-electron chi connectivity index (χ4n) is 16.0. The number of carbonyl (C=O) groups is 2. The first-order valence-corrected chi connectivity index (χ1v) is 26.5. The molecule has 0 bridgehead atoms. The summed E-state index contributed by atoms with van der Waals surface area (Å²) in [5, 5.41) is 108. The molecule has 10 N–H and O–H groups in total. The summed E-state index contributed by atoms with van der Waals surface area (Å²) in [6, 6.07) is 0. The molecule has 5 aliphatic carbocycles. The van der Waals surface area contributed by atoms with Gasteiger partial charge in [-0.3, -0.25) is 4.79 Å². The Hall–Kier alpha value is -2.38. The monoisotopic (exact) mass is 1040 g/mol. The average molecular weight is 1040 g/mol. The molecule has 20 heteroatoms. The van der Waals surface area contributed by atoms with Crippen molar-refractivity contribution in [3.63, 3.8) is 0 Å². The number of fused-ring (bicyclic) bond motifs is 7. The quantitative estimate of drug-likeness (QED) is 0.111. The van der Waals surface area contributed by atoms with Gasteiger partial charge in [0, 0.05) is 10.8 Å². The van der Waals surface area contributed by atoms with E-state index in [9.17, 15) is 60.7 Å². The van der Waals surface area contributed by atoms with E-state index in [1.165, 1.54) is 12.5 Å². The van der Waals surface area contributed by atoms with E-state index >= 15 is 0 Å². The highest BCUT2D eigenvalue weighted by Gasteiger charge is 2.70. The minimum Gasteiger partial charge on any atom is -0.502 e. The van der Waals surface area contributed by atoms with Gasteiger partial charge in [-0.1, -0.05) is 60.1 Å². The Morgan fingerprint density at radius 3 is 2.08 bits per heavy atom. The number of allylic oxidation sites excluding steroid dienone is 4. The van der Waals surface area contributed by atoms with E-state index in [0.717, 1.165) is 44.9 Å². The molecule has 0 spiro atoms. The van der Waals surface area contributed by atoms with Crippen molar-refractivity contribution >= 4 is 11.8 Å². The zero-order valence-electron chi connectivity index (χ0n) is 43.7. The van der Waals surface area contributed by atoms with Crippen molar-refractivity contribution in [3.8, 4) is 0 Å². The van der Waals surface area contributed by atoms with E-state index < -0.39 is 116 Å². The fraction of sp³-hybridized carbons (Fsp3) is 0.887. The van der Waals surface area contributed by atoms with Crippen molar-refractivity contribution in [1.29, 1.82) is 0 Å². The summed E-state index contributed by atoms with van der Waals surface area (Å²) in [5.41, 5.74) is -0.391. The van der Waals surface area contributed by atoms with Gasteiger partial charge in [-0.15, -0.1) is 0 Å². The number of rotatable bonds is 10. The molecule has 3 saturated heterocycles. The highest BCUT2D eigenvalue weighted by atomic mass is 16.8. The summed E-state index contributed by atoms with van der Waals surface area (Å²) < 4.78 is 49.0. The Morgan fingerprint density at radius 1 is 0.726 bits per heavy atom. The summed E-state index contributed by atoms with van der Waals surface area (Å²) in [5.74, 6) is -1.82. The Kier molecular flexibility index (Phi) is 14.8. The number of aliphatic carboxylic acids is 1. The van der Waals surface area contributed by atoms with Gasteiger partial charge in [0.2, 0.25) is 12.1 Å². The Balaban J connectivity index is 0.968. The number of hydrogen-bond donors (Lipinski definition) is 10. The number of aliphatic hydroxyl groups excluding tert-OH is 9. The lowest BCUT2D eigenvalue weighted by molar-refractivity contribution is -0.387. The van der Waals surface area contributed by atoms with E-state index in [4.69, 9.17) is 37.9 Å². The normalized spacial score (nSPS) is 52.9. The summed E-state index contributed by atoms with van der Waals surface area (Å²) in [7, 11) is 0. The standard InChI is InChI=1S/C53H82O20/c1-23-34(57)27(55)18-33(67-23)69-32-20-48(3,4)19-26-25-10-11-30-50(6)14-13-31(51(7,22-54)29(50)12-15-53(30,9)52(25,8)17-16-49(26,32)5)70-47-43(39(62)38(61)41(71-47)44(64)65)73-46-42(36(59)28(56)21-66-46)72-45-40(63)37(60)35(58)24(2)68-45/h10,24,26,28-33,35-43,45-47,54,56-63H,11-22H2,1-9H3,(H,64,65)/t24-,26-,28-,29+,30+,31-,32+,33?,35-,36-,37+,38-,39-,40+,41-,42+,43+,45-,46-,47+,49+,50-,51+,52+,53+/m0/s1. The maximum atomic E-state index is 12.7. The van der Waals surface area contributed by atoms with Gasteiger partial charge in [-0.25, -0.2) is 4.79 Å². The van der Waals surface area contributed by atoms with Gasteiger partial charge >= 0.3 is 5.97 Å². The second kappa shape index (κ2) is 19.5. The third-order valence-electron chi connectivity index (χ3n) is 20.7. The number of aliphatic hydroxyl groups is 9. The molecule has 414 valence electrons. The fourth-order valence-corrected chi connectivity index (χ4v) is 16.0. The van der Waals surface area contributed by atoms with Crippen LogP contribution in [-0.4, -0.2) is 181 Å². The van der Waals surface area contributed by atoms with Gasteiger partial charge in [0.05, 0.1) is 37.9 Å². The van der Waals surface area contributed by atoms with Gasteiger partial charge in [0.1, 0.15) is 60.7 Å². The van der Waals surface area contributed by atoms with Crippen molar-refractivity contribution in [2.75, 3.05) is 13.2 Å². The topological polar surface area (TPSA) is 310 Å². The van der Waals surface area contributed by atoms with E-state index in [0.29, 0.717) is 12.8 Å². The summed E-state index contributed by atoms with van der Waals surface area (Å²) in [4.78, 5) is 25.2. The van der Waals surface area contributed by atoms with Gasteiger partial charge in [-0.05, 0) is 111 Å². The Bertz CT molecular complexity index is 2150. The van der Waals surface area contributed by atoms with Crippen molar-refractivity contribution in [2.24, 2.45) is 50.2 Å². The van der Waals surface area contributed by atoms with Crippen LogP contribution in [0.1, 0.15) is 127 Å². The molecule has 1 unspecified atom stereocenters. The molecule has 4 saturated carbocycles. The molecule has 25 atom stereocenters. The van der Waals surface area contributed by atoms with Crippen molar-refractivity contribution in [1.82, 2.24) is 0 Å². The SMILES string of the molecule is CC1=C(O)C(=O)CC(O[C@@H]2CC(C)(C)C[C@H]3C4=CC[C@@H]5[C@@]6(C)CC[C@H](O[C@@H]7O[C@H](C(=O)O)[C@@H](O)[C@H](O)[C@H]7O[C@@H]7OC[C@H](O)[C@H](O)[C@H]7O[C@@H]7O[C@@H](C)[C@H](O)[C@@H](O)[C@H]7O)[C@](C)(CO)[C@@H]6CC[C@@]5(C)[C@]4(C)CC[C@@]23C)O1. The van der Waals surface area contributed by atoms with Crippen LogP contribution in [-0.2, 0) is 47.5 Å². The molecule has 0 aromatic heterocycles. The second-order valence-electron chi connectivity index (χ2n) is 25.3.